The van der Waals surface area contributed by atoms with Crippen molar-refractivity contribution in [2.24, 2.45) is 5.92 Å². The van der Waals surface area contributed by atoms with Crippen LogP contribution in [0.15, 0.2) is 46.5 Å². The van der Waals surface area contributed by atoms with Crippen molar-refractivity contribution < 1.29 is 5.11 Å². The lowest BCUT2D eigenvalue weighted by Crippen LogP contribution is -2.26. The summed E-state index contributed by atoms with van der Waals surface area (Å²) in [6, 6.07) is 7.80. The van der Waals surface area contributed by atoms with E-state index in [4.69, 9.17) is 11.6 Å². The third-order valence-electron chi connectivity index (χ3n) is 5.09. The number of aromatic nitrogens is 3. The van der Waals surface area contributed by atoms with Crippen LogP contribution in [0.25, 0.3) is 11.0 Å². The molecule has 6 nitrogen and oxygen atoms in total. The van der Waals surface area contributed by atoms with Gasteiger partial charge in [-0.2, -0.15) is 0 Å². The van der Waals surface area contributed by atoms with Crippen molar-refractivity contribution in [2.45, 2.75) is 29.7 Å². The van der Waals surface area contributed by atoms with Crippen molar-refractivity contribution in [1.29, 1.82) is 0 Å². The van der Waals surface area contributed by atoms with E-state index in [0.29, 0.717) is 24.1 Å². The number of H-pyrrole nitrogens is 2. The molecule has 3 atom stereocenters. The van der Waals surface area contributed by atoms with Crippen LogP contribution in [-0.2, 0) is 6.54 Å². The summed E-state index contributed by atoms with van der Waals surface area (Å²) in [5.74, 6) is 0.173. The number of halogens is 1. The van der Waals surface area contributed by atoms with Crippen molar-refractivity contribution >= 4 is 34.4 Å². The molecule has 1 aliphatic rings. The van der Waals surface area contributed by atoms with Gasteiger partial charge in [-0.15, -0.1) is 11.8 Å². The number of rotatable bonds is 5. The molecule has 142 valence electrons. The molecule has 2 aromatic heterocycles. The van der Waals surface area contributed by atoms with Crippen molar-refractivity contribution in [2.75, 3.05) is 13.1 Å². The second kappa shape index (κ2) is 7.67. The highest BCUT2D eigenvalue weighted by Gasteiger charge is 2.35. The standard InChI is InChI=1S/C19H21ClN4O2S/c1-11(27-14-4-2-13(20)3-5-14)15-8-24(9-16(15)25)7-12-6-21-18-17(12)22-10-23-19(18)26/h2-6,10-11,15-16,21,25H,7-9H2,1H3,(H,22,23,26). The molecule has 3 unspecified atom stereocenters. The van der Waals surface area contributed by atoms with Gasteiger partial charge in [-0.1, -0.05) is 18.5 Å². The molecule has 27 heavy (non-hydrogen) atoms. The predicted octanol–water partition coefficient (Wildman–Crippen LogP) is 2.88. The molecule has 1 saturated heterocycles. The Labute approximate surface area is 166 Å². The summed E-state index contributed by atoms with van der Waals surface area (Å²) in [5.41, 5.74) is 2.00. The summed E-state index contributed by atoms with van der Waals surface area (Å²) in [6.45, 7) is 4.23. The first-order chi connectivity index (χ1) is 13.0. The fourth-order valence-corrected chi connectivity index (χ4v) is 4.96. The summed E-state index contributed by atoms with van der Waals surface area (Å²) in [5, 5.41) is 11.6. The average Bonchev–Trinajstić information content (AvgIpc) is 3.22. The van der Waals surface area contributed by atoms with Gasteiger partial charge in [0.05, 0.1) is 17.9 Å². The largest absolute Gasteiger partial charge is 0.391 e. The number of aromatic amines is 2. The van der Waals surface area contributed by atoms with Gasteiger partial charge in [-0.05, 0) is 24.3 Å². The van der Waals surface area contributed by atoms with Gasteiger partial charge in [0.15, 0.2) is 0 Å². The van der Waals surface area contributed by atoms with E-state index in [-0.39, 0.29) is 22.8 Å². The van der Waals surface area contributed by atoms with Crippen molar-refractivity contribution in [3.05, 3.63) is 57.7 Å². The van der Waals surface area contributed by atoms with E-state index in [1.54, 1.807) is 11.8 Å². The van der Waals surface area contributed by atoms with Crippen LogP contribution in [0.3, 0.4) is 0 Å². The van der Waals surface area contributed by atoms with Gasteiger partial charge < -0.3 is 15.1 Å². The lowest BCUT2D eigenvalue weighted by molar-refractivity contribution is 0.141. The third kappa shape index (κ3) is 3.91. The molecule has 0 aliphatic carbocycles. The second-order valence-corrected chi connectivity index (χ2v) is 8.86. The SMILES string of the molecule is CC(Sc1ccc(Cl)cc1)C1CN(Cc2c[nH]c3c(=O)[nH]cnc23)CC1O. The molecular weight excluding hydrogens is 384 g/mol. The van der Waals surface area contributed by atoms with E-state index in [0.717, 1.165) is 22.0 Å². The van der Waals surface area contributed by atoms with Crippen LogP contribution in [0.4, 0.5) is 0 Å². The molecule has 0 bridgehead atoms. The Bertz CT molecular complexity index is 987. The number of hydrogen-bond donors (Lipinski definition) is 3. The Morgan fingerprint density at radius 3 is 2.89 bits per heavy atom. The lowest BCUT2D eigenvalue weighted by atomic mass is 10.0. The van der Waals surface area contributed by atoms with Crippen molar-refractivity contribution in [1.82, 2.24) is 19.9 Å². The van der Waals surface area contributed by atoms with Gasteiger partial charge >= 0.3 is 0 Å². The van der Waals surface area contributed by atoms with Gasteiger partial charge in [0, 0.05) is 52.5 Å². The normalized spacial score (nSPS) is 21.7. The zero-order valence-corrected chi connectivity index (χ0v) is 16.4. The molecule has 0 radical (unpaired) electrons. The predicted molar refractivity (Wildman–Crippen MR) is 108 cm³/mol. The van der Waals surface area contributed by atoms with E-state index in [9.17, 15) is 9.90 Å². The Balaban J connectivity index is 1.43. The Morgan fingerprint density at radius 2 is 2.11 bits per heavy atom. The van der Waals surface area contributed by atoms with Gasteiger partial charge in [0.25, 0.3) is 5.56 Å². The Hall–Kier alpha value is -1.80. The first-order valence-corrected chi connectivity index (χ1v) is 10.1. The van der Waals surface area contributed by atoms with Crippen LogP contribution in [-0.4, -0.2) is 49.4 Å². The maximum atomic E-state index is 11.8. The highest BCUT2D eigenvalue weighted by atomic mass is 35.5. The van der Waals surface area contributed by atoms with Crippen LogP contribution in [0.5, 0.6) is 0 Å². The summed E-state index contributed by atoms with van der Waals surface area (Å²) in [6.07, 6.45) is 2.88. The van der Waals surface area contributed by atoms with Crippen LogP contribution >= 0.6 is 23.4 Å². The van der Waals surface area contributed by atoms with Crippen LogP contribution < -0.4 is 5.56 Å². The number of aliphatic hydroxyl groups excluding tert-OH is 1. The molecule has 3 heterocycles. The fourth-order valence-electron chi connectivity index (χ4n) is 3.67. The Kier molecular flexibility index (Phi) is 5.27. The molecule has 8 heteroatoms. The first kappa shape index (κ1) is 18.6. The summed E-state index contributed by atoms with van der Waals surface area (Å²) >= 11 is 7.71. The number of fused-ring (bicyclic) bond motifs is 1. The van der Waals surface area contributed by atoms with E-state index in [1.165, 1.54) is 6.33 Å². The van der Waals surface area contributed by atoms with Gasteiger partial charge in [0.1, 0.15) is 5.52 Å². The molecule has 3 aromatic rings. The highest BCUT2D eigenvalue weighted by molar-refractivity contribution is 8.00. The molecule has 0 amide bonds. The molecule has 1 fully saturated rings. The average molecular weight is 405 g/mol. The van der Waals surface area contributed by atoms with Crippen LogP contribution in [0, 0.1) is 5.92 Å². The zero-order chi connectivity index (χ0) is 19.0. The quantitative estimate of drug-likeness (QED) is 0.569. The Morgan fingerprint density at radius 1 is 1.33 bits per heavy atom. The number of likely N-dealkylation sites (tertiary alicyclic amines) is 1. The first-order valence-electron chi connectivity index (χ1n) is 8.87. The van der Waals surface area contributed by atoms with Crippen LogP contribution in [0.2, 0.25) is 5.02 Å². The number of thioether (sulfide) groups is 1. The number of nitrogens with one attached hydrogen (secondary N) is 2. The molecule has 0 saturated carbocycles. The zero-order valence-electron chi connectivity index (χ0n) is 14.9. The molecular formula is C19H21ClN4O2S. The maximum absolute atomic E-state index is 11.8. The van der Waals surface area contributed by atoms with Gasteiger partial charge in [0.2, 0.25) is 0 Å². The minimum Gasteiger partial charge on any atom is -0.391 e. The number of benzene rings is 1. The van der Waals surface area contributed by atoms with E-state index in [1.807, 2.05) is 30.5 Å². The topological polar surface area (TPSA) is 85.0 Å². The summed E-state index contributed by atoms with van der Waals surface area (Å²) in [4.78, 5) is 25.1. The van der Waals surface area contributed by atoms with Gasteiger partial charge in [-0.25, -0.2) is 4.98 Å². The molecule has 0 spiro atoms. The minimum atomic E-state index is -0.374. The monoisotopic (exact) mass is 404 g/mol. The second-order valence-electron chi connectivity index (χ2n) is 6.97. The number of hydrogen-bond acceptors (Lipinski definition) is 5. The van der Waals surface area contributed by atoms with Crippen molar-refractivity contribution in [3.8, 4) is 0 Å². The summed E-state index contributed by atoms with van der Waals surface area (Å²) < 4.78 is 0. The smallest absolute Gasteiger partial charge is 0.275 e. The third-order valence-corrected chi connectivity index (χ3v) is 6.61. The lowest BCUT2D eigenvalue weighted by Gasteiger charge is -2.21. The van der Waals surface area contributed by atoms with E-state index < -0.39 is 0 Å². The molecule has 4 rings (SSSR count). The van der Waals surface area contributed by atoms with E-state index >= 15 is 0 Å². The number of nitrogens with zero attached hydrogens (tertiary/aromatic N) is 2. The number of aliphatic hydroxyl groups is 1. The van der Waals surface area contributed by atoms with E-state index in [2.05, 4.69) is 26.8 Å². The van der Waals surface area contributed by atoms with Gasteiger partial charge in [-0.3, -0.25) is 9.69 Å². The summed E-state index contributed by atoms with van der Waals surface area (Å²) in [7, 11) is 0. The van der Waals surface area contributed by atoms with Crippen LogP contribution in [0.1, 0.15) is 12.5 Å². The van der Waals surface area contributed by atoms with Crippen molar-refractivity contribution in [3.63, 3.8) is 0 Å². The fraction of sp³-hybridized carbons (Fsp3) is 0.368. The molecule has 3 N–H and O–H groups in total. The minimum absolute atomic E-state index is 0.168. The maximum Gasteiger partial charge on any atom is 0.275 e. The molecule has 1 aromatic carbocycles. The molecule has 1 aliphatic heterocycles. The highest BCUT2D eigenvalue weighted by Crippen LogP contribution is 2.34. The number of β-amino-alcohol motifs (C(OH)–C–C–N with tert-alkyl or cyclic N) is 1.